The number of carbonyl (C=O) groups is 2. The summed E-state index contributed by atoms with van der Waals surface area (Å²) in [7, 11) is 0. The van der Waals surface area contributed by atoms with Gasteiger partial charge in [0, 0.05) is 5.39 Å². The van der Waals surface area contributed by atoms with Crippen molar-refractivity contribution < 1.29 is 14.3 Å². The number of benzene rings is 2. The minimum Gasteiger partial charge on any atom is -0.451 e. The van der Waals surface area contributed by atoms with Gasteiger partial charge in [-0.25, -0.2) is 4.79 Å². The number of hydrogen-bond donors (Lipinski definition) is 2. The van der Waals surface area contributed by atoms with Gasteiger partial charge < -0.3 is 15.0 Å². The van der Waals surface area contributed by atoms with E-state index >= 15 is 0 Å². The van der Waals surface area contributed by atoms with Gasteiger partial charge in [0.2, 0.25) is 0 Å². The maximum Gasteiger partial charge on any atom is 0.355 e. The number of rotatable bonds is 7. The molecule has 0 saturated carbocycles. The minimum absolute atomic E-state index is 0.0150. The van der Waals surface area contributed by atoms with E-state index in [2.05, 4.69) is 36.3 Å². The van der Waals surface area contributed by atoms with E-state index in [1.807, 2.05) is 26.0 Å². The number of aromatic amines is 1. The molecule has 0 aliphatic heterocycles. The normalized spacial score (nSPS) is 12.2. The smallest absolute Gasteiger partial charge is 0.355 e. The van der Waals surface area contributed by atoms with Crippen LogP contribution in [0.1, 0.15) is 61.3 Å². The third-order valence-electron chi connectivity index (χ3n) is 5.25. The molecule has 6 nitrogen and oxygen atoms in total. The van der Waals surface area contributed by atoms with Gasteiger partial charge in [-0.1, -0.05) is 70.2 Å². The molecule has 1 atom stereocenters. The van der Waals surface area contributed by atoms with Crippen molar-refractivity contribution in [3.8, 4) is 0 Å². The summed E-state index contributed by atoms with van der Waals surface area (Å²) >= 11 is 0. The van der Waals surface area contributed by atoms with Crippen LogP contribution in [0.15, 0.2) is 59.4 Å². The van der Waals surface area contributed by atoms with Gasteiger partial charge in [0.15, 0.2) is 6.61 Å². The summed E-state index contributed by atoms with van der Waals surface area (Å²) in [6.45, 7) is 7.88. The van der Waals surface area contributed by atoms with Crippen molar-refractivity contribution in [2.45, 2.75) is 39.7 Å². The van der Waals surface area contributed by atoms with Crippen LogP contribution >= 0.6 is 0 Å². The molecule has 3 aromatic rings. The summed E-state index contributed by atoms with van der Waals surface area (Å²) in [6, 6.07) is 16.5. The molecule has 6 heteroatoms. The summed E-state index contributed by atoms with van der Waals surface area (Å²) in [6.07, 6.45) is 0. The molecule has 3 rings (SSSR count). The number of nitrogens with one attached hydrogen (secondary N) is 2. The van der Waals surface area contributed by atoms with E-state index in [9.17, 15) is 14.4 Å². The fraction of sp³-hybridized carbons (Fsp3) is 0.320. The van der Waals surface area contributed by atoms with Gasteiger partial charge >= 0.3 is 5.97 Å². The molecular weight excluding hydrogens is 392 g/mol. The molecule has 1 heterocycles. The fourth-order valence-corrected chi connectivity index (χ4v) is 3.47. The van der Waals surface area contributed by atoms with E-state index in [0.717, 1.165) is 5.56 Å². The number of carbonyl (C=O) groups excluding carboxylic acids is 2. The molecule has 0 radical (unpaired) electrons. The zero-order chi connectivity index (χ0) is 22.5. The zero-order valence-electron chi connectivity index (χ0n) is 18.3. The Bertz CT molecular complexity index is 1130. The molecule has 2 aromatic carbocycles. The van der Waals surface area contributed by atoms with Crippen LogP contribution < -0.4 is 10.9 Å². The van der Waals surface area contributed by atoms with Gasteiger partial charge in [0.1, 0.15) is 5.69 Å². The highest BCUT2D eigenvalue weighted by Gasteiger charge is 2.20. The average Bonchev–Trinajstić information content (AvgIpc) is 2.75. The number of pyridine rings is 1. The highest BCUT2D eigenvalue weighted by atomic mass is 16.5. The van der Waals surface area contributed by atoms with Gasteiger partial charge in [-0.2, -0.15) is 0 Å². The first-order chi connectivity index (χ1) is 14.8. The lowest BCUT2D eigenvalue weighted by atomic mass is 9.93. The number of hydrogen-bond acceptors (Lipinski definition) is 4. The van der Waals surface area contributed by atoms with Crippen molar-refractivity contribution in [3.63, 3.8) is 0 Å². The quantitative estimate of drug-likeness (QED) is 0.557. The van der Waals surface area contributed by atoms with Gasteiger partial charge in [-0.15, -0.1) is 0 Å². The fourth-order valence-electron chi connectivity index (χ4n) is 3.47. The van der Waals surface area contributed by atoms with E-state index < -0.39 is 18.5 Å². The second-order valence-corrected chi connectivity index (χ2v) is 8.29. The third-order valence-corrected chi connectivity index (χ3v) is 5.25. The van der Waals surface area contributed by atoms with Crippen LogP contribution in [0.25, 0.3) is 10.8 Å². The van der Waals surface area contributed by atoms with Crippen LogP contribution in [0.5, 0.6) is 0 Å². The molecule has 0 unspecified atom stereocenters. The summed E-state index contributed by atoms with van der Waals surface area (Å²) < 4.78 is 5.14. The lowest BCUT2D eigenvalue weighted by molar-refractivity contribution is -0.125. The second-order valence-electron chi connectivity index (χ2n) is 8.29. The Morgan fingerprint density at radius 1 is 0.968 bits per heavy atom. The third kappa shape index (κ3) is 5.40. The SMILES string of the molecule is CC(C)c1ccc([C@@H](NC(=O)COC(=O)c2cc3ccccc3c(=O)[nH]2)C(C)C)cc1. The lowest BCUT2D eigenvalue weighted by Crippen LogP contribution is -2.35. The zero-order valence-corrected chi connectivity index (χ0v) is 18.3. The number of aromatic nitrogens is 1. The molecule has 0 spiro atoms. The van der Waals surface area contributed by atoms with Crippen molar-refractivity contribution >= 4 is 22.6 Å². The Kier molecular flexibility index (Phi) is 6.90. The molecule has 0 bridgehead atoms. The van der Waals surface area contributed by atoms with Gasteiger partial charge in [-0.05, 0) is 40.5 Å². The number of ether oxygens (including phenoxy) is 1. The van der Waals surface area contributed by atoms with Crippen LogP contribution in [0.4, 0.5) is 0 Å². The Balaban J connectivity index is 1.65. The topological polar surface area (TPSA) is 88.3 Å². The summed E-state index contributed by atoms with van der Waals surface area (Å²) in [4.78, 5) is 39.5. The predicted molar refractivity (Wildman–Crippen MR) is 121 cm³/mol. The van der Waals surface area contributed by atoms with E-state index in [1.165, 1.54) is 5.56 Å². The first-order valence-corrected chi connectivity index (χ1v) is 10.4. The molecular formula is C25H28N2O4. The van der Waals surface area contributed by atoms with Crippen molar-refractivity contribution in [3.05, 3.63) is 81.8 Å². The summed E-state index contributed by atoms with van der Waals surface area (Å²) in [5, 5.41) is 4.06. The summed E-state index contributed by atoms with van der Waals surface area (Å²) in [5.41, 5.74) is 1.87. The van der Waals surface area contributed by atoms with Crippen LogP contribution in [0, 0.1) is 5.92 Å². The number of amides is 1. The Morgan fingerprint density at radius 2 is 1.61 bits per heavy atom. The van der Waals surface area contributed by atoms with Gasteiger partial charge in [-0.3, -0.25) is 9.59 Å². The maximum absolute atomic E-state index is 12.5. The lowest BCUT2D eigenvalue weighted by Gasteiger charge is -2.23. The Labute approximate surface area is 181 Å². The highest BCUT2D eigenvalue weighted by Crippen LogP contribution is 2.24. The summed E-state index contributed by atoms with van der Waals surface area (Å²) in [5.74, 6) is -0.563. The molecule has 0 aliphatic carbocycles. The first-order valence-electron chi connectivity index (χ1n) is 10.4. The number of esters is 1. The number of fused-ring (bicyclic) bond motifs is 1. The predicted octanol–water partition coefficient (Wildman–Crippen LogP) is 4.32. The van der Waals surface area contributed by atoms with Crippen molar-refractivity contribution in [1.82, 2.24) is 10.3 Å². The standard InChI is InChI=1S/C25H28N2O4/c1-15(2)17-9-11-18(12-10-17)23(16(3)4)27-22(28)14-31-25(30)21-13-19-7-5-6-8-20(19)24(29)26-21/h5-13,15-16,23H,14H2,1-4H3,(H,26,29)(H,27,28)/t23-/m0/s1. The largest absolute Gasteiger partial charge is 0.451 e. The van der Waals surface area contributed by atoms with Crippen molar-refractivity contribution in [1.29, 1.82) is 0 Å². The molecule has 1 aromatic heterocycles. The molecule has 0 aliphatic rings. The molecule has 1 amide bonds. The first kappa shape index (κ1) is 22.3. The van der Waals surface area contributed by atoms with Crippen LogP contribution in [-0.2, 0) is 9.53 Å². The molecule has 0 fully saturated rings. The van der Waals surface area contributed by atoms with Gasteiger partial charge in [0.05, 0.1) is 6.04 Å². The van der Waals surface area contributed by atoms with Crippen molar-refractivity contribution in [2.24, 2.45) is 5.92 Å². The van der Waals surface area contributed by atoms with E-state index in [0.29, 0.717) is 16.7 Å². The number of H-pyrrole nitrogens is 1. The minimum atomic E-state index is -0.750. The second kappa shape index (κ2) is 9.60. The Hall–Kier alpha value is -3.41. The van der Waals surface area contributed by atoms with Crippen LogP contribution in [-0.4, -0.2) is 23.5 Å². The Morgan fingerprint density at radius 3 is 2.26 bits per heavy atom. The molecule has 2 N–H and O–H groups in total. The average molecular weight is 421 g/mol. The highest BCUT2D eigenvalue weighted by molar-refractivity contribution is 5.94. The van der Waals surface area contributed by atoms with E-state index in [-0.39, 0.29) is 23.2 Å². The molecule has 162 valence electrons. The van der Waals surface area contributed by atoms with Crippen LogP contribution in [0.3, 0.4) is 0 Å². The maximum atomic E-state index is 12.5. The van der Waals surface area contributed by atoms with E-state index in [1.54, 1.807) is 30.3 Å². The monoisotopic (exact) mass is 420 g/mol. The van der Waals surface area contributed by atoms with Crippen molar-refractivity contribution in [2.75, 3.05) is 6.61 Å². The van der Waals surface area contributed by atoms with Gasteiger partial charge in [0.25, 0.3) is 11.5 Å². The van der Waals surface area contributed by atoms with E-state index in [4.69, 9.17) is 4.74 Å². The molecule has 31 heavy (non-hydrogen) atoms. The van der Waals surface area contributed by atoms with Crippen LogP contribution in [0.2, 0.25) is 0 Å². The molecule has 0 saturated heterocycles.